The summed E-state index contributed by atoms with van der Waals surface area (Å²) in [6.07, 6.45) is 1.44. The van der Waals surface area contributed by atoms with Crippen LogP contribution < -0.4 is 11.0 Å². The summed E-state index contributed by atoms with van der Waals surface area (Å²) in [7, 11) is 0. The van der Waals surface area contributed by atoms with Gasteiger partial charge in [-0.1, -0.05) is 24.8 Å². The van der Waals surface area contributed by atoms with E-state index in [1.54, 1.807) is 30.3 Å². The molecule has 0 aliphatic rings. The van der Waals surface area contributed by atoms with Crippen LogP contribution in [-0.2, 0) is 14.4 Å². The number of nitrogens with zero attached hydrogens (tertiary/aromatic N) is 1. The van der Waals surface area contributed by atoms with Crippen molar-refractivity contribution in [2.24, 2.45) is 5.73 Å². The van der Waals surface area contributed by atoms with Gasteiger partial charge in [-0.05, 0) is 18.2 Å². The summed E-state index contributed by atoms with van der Waals surface area (Å²) in [6.45, 7) is 3.09. The maximum absolute atomic E-state index is 9.47. The smallest absolute Gasteiger partial charge is 0.240 e. The second-order valence-electron chi connectivity index (χ2n) is 2.50. The first-order valence-electron chi connectivity index (χ1n) is 4.53. The van der Waals surface area contributed by atoms with Crippen LogP contribution in [0, 0.1) is 0 Å². The monoisotopic (exact) mass is 254 g/mol. The van der Waals surface area contributed by atoms with E-state index in [1.165, 1.54) is 0 Å². The minimum atomic E-state index is -0.481. The molecule has 0 spiro atoms. The Morgan fingerprint density at radius 1 is 1.17 bits per heavy atom. The standard InChI is InChI=1S/C6H7NO2.C3H5NO.C2H2O2/c8-7(9)6-4-2-1-3-5-6;1-2-3(4)5;3-1-2-4/h1-5,8-9H;2H,1H2,(H2,4,5);1-2H. The summed E-state index contributed by atoms with van der Waals surface area (Å²) in [4.78, 5) is 27.1. The lowest BCUT2D eigenvalue weighted by atomic mass is 10.3. The summed E-state index contributed by atoms with van der Waals surface area (Å²) in [5.41, 5.74) is 4.89. The predicted octanol–water partition coefficient (Wildman–Crippen LogP) is 0.313. The van der Waals surface area contributed by atoms with Crippen molar-refractivity contribution in [1.29, 1.82) is 0 Å². The Hall–Kier alpha value is -2.51. The number of benzene rings is 1. The van der Waals surface area contributed by atoms with Gasteiger partial charge in [0.1, 0.15) is 0 Å². The quantitative estimate of drug-likeness (QED) is 0.309. The Morgan fingerprint density at radius 2 is 1.56 bits per heavy atom. The fraction of sp³-hybridized carbons (Fsp3) is 0. The van der Waals surface area contributed by atoms with E-state index in [4.69, 9.17) is 20.0 Å². The highest BCUT2D eigenvalue weighted by Gasteiger charge is 1.92. The van der Waals surface area contributed by atoms with Crippen LogP contribution in [0.3, 0.4) is 0 Å². The molecule has 0 saturated carbocycles. The molecule has 7 heteroatoms. The van der Waals surface area contributed by atoms with Gasteiger partial charge in [-0.15, -0.1) is 5.23 Å². The second-order valence-corrected chi connectivity index (χ2v) is 2.50. The maximum atomic E-state index is 9.47. The fourth-order valence-electron chi connectivity index (χ4n) is 0.561. The molecule has 1 amide bonds. The molecule has 0 atom stereocenters. The van der Waals surface area contributed by atoms with Gasteiger partial charge in [0, 0.05) is 0 Å². The molecule has 1 aromatic rings. The first kappa shape index (κ1) is 17.9. The third kappa shape index (κ3) is 13.5. The van der Waals surface area contributed by atoms with Crippen molar-refractivity contribution >= 4 is 24.2 Å². The molecule has 0 heterocycles. The van der Waals surface area contributed by atoms with Gasteiger partial charge >= 0.3 is 0 Å². The van der Waals surface area contributed by atoms with Crippen molar-refractivity contribution in [2.75, 3.05) is 5.23 Å². The van der Waals surface area contributed by atoms with Crippen LogP contribution in [0.5, 0.6) is 0 Å². The Labute approximate surface area is 104 Å². The number of hydrogen-bond donors (Lipinski definition) is 3. The van der Waals surface area contributed by atoms with Gasteiger partial charge in [0.05, 0.1) is 5.69 Å². The summed E-state index contributed by atoms with van der Waals surface area (Å²) < 4.78 is 0. The number of nitrogens with two attached hydrogens (primary N) is 1. The van der Waals surface area contributed by atoms with Crippen LogP contribution >= 0.6 is 0 Å². The minimum absolute atomic E-state index is 0.0833. The SMILES string of the molecule is C=CC(N)=O.O=CC=O.ON(O)c1ccccc1. The van der Waals surface area contributed by atoms with E-state index in [9.17, 15) is 4.79 Å². The Bertz CT molecular complexity index is 359. The summed E-state index contributed by atoms with van der Waals surface area (Å²) >= 11 is 0. The molecule has 1 rings (SSSR count). The minimum Gasteiger partial charge on any atom is -0.366 e. The molecule has 7 nitrogen and oxygen atoms in total. The number of hydrogen-bond acceptors (Lipinski definition) is 6. The maximum Gasteiger partial charge on any atom is 0.240 e. The number of para-hydroxylation sites is 1. The highest BCUT2D eigenvalue weighted by atomic mass is 16.8. The molecule has 18 heavy (non-hydrogen) atoms. The average Bonchev–Trinajstić information content (AvgIpc) is 2.40. The van der Waals surface area contributed by atoms with Crippen molar-refractivity contribution in [2.45, 2.75) is 0 Å². The largest absolute Gasteiger partial charge is 0.366 e. The number of carbonyl (C=O) groups is 3. The van der Waals surface area contributed by atoms with Crippen LogP contribution in [0.15, 0.2) is 43.0 Å². The lowest BCUT2D eigenvalue weighted by Crippen LogP contribution is -2.10. The van der Waals surface area contributed by atoms with Crippen LogP contribution in [-0.4, -0.2) is 28.9 Å². The molecule has 1 aromatic carbocycles. The van der Waals surface area contributed by atoms with Crippen molar-refractivity contribution < 1.29 is 24.8 Å². The first-order valence-corrected chi connectivity index (χ1v) is 4.53. The van der Waals surface area contributed by atoms with Gasteiger partial charge in [-0.2, -0.15) is 0 Å². The number of aldehydes is 2. The lowest BCUT2D eigenvalue weighted by Gasteiger charge is -2.05. The number of amides is 1. The Kier molecular flexibility index (Phi) is 12.5. The van der Waals surface area contributed by atoms with Gasteiger partial charge in [0.25, 0.3) is 0 Å². The zero-order valence-electron chi connectivity index (χ0n) is 9.47. The van der Waals surface area contributed by atoms with Crippen molar-refractivity contribution in [3.63, 3.8) is 0 Å². The molecule has 0 aliphatic heterocycles. The predicted molar refractivity (Wildman–Crippen MR) is 64.0 cm³/mol. The fourth-order valence-corrected chi connectivity index (χ4v) is 0.561. The number of carbonyl (C=O) groups excluding carboxylic acids is 3. The highest BCUT2D eigenvalue weighted by molar-refractivity contribution is 6.09. The summed E-state index contributed by atoms with van der Waals surface area (Å²) in [5, 5.41) is 16.9. The average molecular weight is 254 g/mol. The molecule has 4 N–H and O–H groups in total. The molecule has 0 radical (unpaired) electrons. The van der Waals surface area contributed by atoms with Crippen LogP contribution in [0.1, 0.15) is 0 Å². The van der Waals surface area contributed by atoms with Crippen LogP contribution in [0.25, 0.3) is 0 Å². The lowest BCUT2D eigenvalue weighted by molar-refractivity contribution is -0.122. The van der Waals surface area contributed by atoms with E-state index < -0.39 is 5.91 Å². The zero-order valence-corrected chi connectivity index (χ0v) is 9.47. The van der Waals surface area contributed by atoms with E-state index in [0.717, 1.165) is 6.08 Å². The van der Waals surface area contributed by atoms with E-state index >= 15 is 0 Å². The van der Waals surface area contributed by atoms with Gasteiger partial charge in [-0.3, -0.25) is 24.8 Å². The third-order valence-electron chi connectivity index (χ3n) is 1.24. The second kappa shape index (κ2) is 12.6. The van der Waals surface area contributed by atoms with Crippen molar-refractivity contribution in [3.05, 3.63) is 43.0 Å². The molecular weight excluding hydrogens is 240 g/mol. The molecule has 0 saturated heterocycles. The van der Waals surface area contributed by atoms with Crippen molar-refractivity contribution in [1.82, 2.24) is 0 Å². The normalized spacial score (nSPS) is 7.44. The molecule has 98 valence electrons. The highest BCUT2D eigenvalue weighted by Crippen LogP contribution is 2.06. The van der Waals surface area contributed by atoms with Gasteiger partial charge < -0.3 is 5.73 Å². The Morgan fingerprint density at radius 3 is 1.72 bits per heavy atom. The van der Waals surface area contributed by atoms with Gasteiger partial charge in [0.15, 0.2) is 12.6 Å². The number of rotatable bonds is 3. The molecule has 0 aromatic heterocycles. The first-order chi connectivity index (χ1) is 8.49. The summed E-state index contributed by atoms with van der Waals surface area (Å²) in [6, 6.07) is 8.40. The van der Waals surface area contributed by atoms with E-state index in [-0.39, 0.29) is 17.8 Å². The Balaban J connectivity index is 0. The molecule has 0 fully saturated rings. The van der Waals surface area contributed by atoms with E-state index in [0.29, 0.717) is 5.69 Å². The zero-order chi connectivity index (χ0) is 14.4. The molecule has 0 aliphatic carbocycles. The number of anilines is 1. The summed E-state index contributed by atoms with van der Waals surface area (Å²) in [5.74, 6) is -0.481. The number of primary amides is 1. The van der Waals surface area contributed by atoms with Crippen LogP contribution in [0.4, 0.5) is 5.69 Å². The molecule has 0 unspecified atom stereocenters. The third-order valence-corrected chi connectivity index (χ3v) is 1.24. The van der Waals surface area contributed by atoms with E-state index in [1.807, 2.05) is 0 Å². The topological polar surface area (TPSA) is 121 Å². The molecular formula is C11H14N2O5. The van der Waals surface area contributed by atoms with Gasteiger partial charge in [0.2, 0.25) is 5.91 Å². The van der Waals surface area contributed by atoms with Gasteiger partial charge in [-0.25, -0.2) is 0 Å². The van der Waals surface area contributed by atoms with Crippen LogP contribution in [0.2, 0.25) is 0 Å². The molecule has 0 bridgehead atoms. The van der Waals surface area contributed by atoms with Crippen molar-refractivity contribution in [3.8, 4) is 0 Å². The van der Waals surface area contributed by atoms with E-state index in [2.05, 4.69) is 12.3 Å².